The molecule has 6 heteroatoms. The van der Waals surface area contributed by atoms with E-state index in [-0.39, 0.29) is 18.8 Å². The first kappa shape index (κ1) is 16.2. The molecule has 132 valence electrons. The fourth-order valence-corrected chi connectivity index (χ4v) is 3.24. The number of rotatable bonds is 4. The van der Waals surface area contributed by atoms with E-state index in [1.807, 2.05) is 31.2 Å². The molecule has 1 aliphatic rings. The van der Waals surface area contributed by atoms with Crippen LogP contribution in [0.4, 0.5) is 0 Å². The highest BCUT2D eigenvalue weighted by Gasteiger charge is 2.16. The maximum Gasteiger partial charge on any atom is 0.323 e. The Kier molecular flexibility index (Phi) is 3.88. The molecule has 0 aliphatic carbocycles. The minimum Gasteiger partial charge on any atom is -0.480 e. The summed E-state index contributed by atoms with van der Waals surface area (Å²) in [4.78, 5) is 24.2. The lowest BCUT2D eigenvalue weighted by atomic mass is 10.0. The number of benzene rings is 2. The van der Waals surface area contributed by atoms with E-state index < -0.39 is 5.97 Å². The van der Waals surface area contributed by atoms with Gasteiger partial charge in [0, 0.05) is 23.6 Å². The Labute approximate surface area is 149 Å². The molecular formula is C20H17NO5. The first-order valence-corrected chi connectivity index (χ1v) is 8.24. The van der Waals surface area contributed by atoms with Gasteiger partial charge >= 0.3 is 5.97 Å². The van der Waals surface area contributed by atoms with Crippen molar-refractivity contribution in [2.75, 3.05) is 6.79 Å². The lowest BCUT2D eigenvalue weighted by Gasteiger charge is -2.12. The van der Waals surface area contributed by atoms with Crippen LogP contribution in [-0.2, 0) is 17.8 Å². The van der Waals surface area contributed by atoms with Crippen molar-refractivity contribution >= 4 is 16.9 Å². The molecule has 2 heterocycles. The zero-order chi connectivity index (χ0) is 18.3. The Morgan fingerprint density at radius 1 is 1.15 bits per heavy atom. The van der Waals surface area contributed by atoms with Gasteiger partial charge in [-0.05, 0) is 36.8 Å². The largest absolute Gasteiger partial charge is 0.480 e. The van der Waals surface area contributed by atoms with E-state index in [2.05, 4.69) is 0 Å². The van der Waals surface area contributed by atoms with Crippen molar-refractivity contribution in [1.29, 1.82) is 0 Å². The molecule has 1 aliphatic heterocycles. The summed E-state index contributed by atoms with van der Waals surface area (Å²) in [5, 5.41) is 9.74. The summed E-state index contributed by atoms with van der Waals surface area (Å²) in [7, 11) is 0. The van der Waals surface area contributed by atoms with Gasteiger partial charge in [0.2, 0.25) is 6.79 Å². The van der Waals surface area contributed by atoms with Crippen LogP contribution in [0.2, 0.25) is 0 Å². The standard InChI is InChI=1S/C20H17NO5/c1-12-2-4-16-15(6-12)20(24)14(9-21(16)10-19(22)23)7-13-3-5-17-18(8-13)26-11-25-17/h2-6,8-9H,7,10-11H2,1H3,(H,22,23). The molecular weight excluding hydrogens is 334 g/mol. The van der Waals surface area contributed by atoms with E-state index in [0.717, 1.165) is 11.1 Å². The third-order valence-corrected chi connectivity index (χ3v) is 4.45. The molecule has 1 N–H and O–H groups in total. The monoisotopic (exact) mass is 351 g/mol. The third kappa shape index (κ3) is 2.90. The van der Waals surface area contributed by atoms with Gasteiger partial charge in [-0.2, -0.15) is 0 Å². The summed E-state index contributed by atoms with van der Waals surface area (Å²) in [5.74, 6) is 0.390. The van der Waals surface area contributed by atoms with Crippen LogP contribution in [-0.4, -0.2) is 22.4 Å². The van der Waals surface area contributed by atoms with Crippen molar-refractivity contribution in [3.63, 3.8) is 0 Å². The number of pyridine rings is 1. The first-order valence-electron chi connectivity index (χ1n) is 8.24. The van der Waals surface area contributed by atoms with Gasteiger partial charge in [-0.1, -0.05) is 17.7 Å². The Bertz CT molecular complexity index is 1080. The number of aryl methyl sites for hydroxylation is 1. The van der Waals surface area contributed by atoms with Crippen LogP contribution in [0, 0.1) is 6.92 Å². The van der Waals surface area contributed by atoms with Crippen LogP contribution in [0.3, 0.4) is 0 Å². The Morgan fingerprint density at radius 2 is 1.96 bits per heavy atom. The molecule has 0 fully saturated rings. The number of carbonyl (C=O) groups is 1. The van der Waals surface area contributed by atoms with Crippen LogP contribution in [0.25, 0.3) is 10.9 Å². The van der Waals surface area contributed by atoms with Crippen LogP contribution < -0.4 is 14.9 Å². The topological polar surface area (TPSA) is 77.8 Å². The minimum atomic E-state index is -0.954. The predicted octanol–water partition coefficient (Wildman–Crippen LogP) is 2.71. The maximum absolute atomic E-state index is 12.9. The predicted molar refractivity (Wildman–Crippen MR) is 96.0 cm³/mol. The summed E-state index contributed by atoms with van der Waals surface area (Å²) in [5.41, 5.74) is 2.94. The summed E-state index contributed by atoms with van der Waals surface area (Å²) in [6, 6.07) is 11.0. The highest BCUT2D eigenvalue weighted by atomic mass is 16.7. The molecule has 6 nitrogen and oxygen atoms in total. The summed E-state index contributed by atoms with van der Waals surface area (Å²) in [6.07, 6.45) is 2.03. The van der Waals surface area contributed by atoms with Crippen molar-refractivity contribution < 1.29 is 19.4 Å². The quantitative estimate of drug-likeness (QED) is 0.782. The van der Waals surface area contributed by atoms with E-state index in [9.17, 15) is 14.7 Å². The van der Waals surface area contributed by atoms with Gasteiger partial charge in [0.25, 0.3) is 0 Å². The number of aromatic nitrogens is 1. The highest BCUT2D eigenvalue weighted by molar-refractivity contribution is 5.82. The van der Waals surface area contributed by atoms with Gasteiger partial charge < -0.3 is 19.1 Å². The van der Waals surface area contributed by atoms with Gasteiger partial charge in [0.1, 0.15) is 6.54 Å². The van der Waals surface area contributed by atoms with Crippen LogP contribution in [0.15, 0.2) is 47.4 Å². The maximum atomic E-state index is 12.9. The van der Waals surface area contributed by atoms with E-state index in [4.69, 9.17) is 9.47 Å². The zero-order valence-corrected chi connectivity index (χ0v) is 14.2. The number of nitrogens with zero attached hydrogens (tertiary/aromatic N) is 1. The summed E-state index contributed by atoms with van der Waals surface area (Å²) in [6.45, 7) is 1.90. The molecule has 1 aromatic heterocycles. The Morgan fingerprint density at radius 3 is 2.77 bits per heavy atom. The summed E-state index contributed by atoms with van der Waals surface area (Å²) >= 11 is 0. The number of ether oxygens (including phenoxy) is 2. The van der Waals surface area contributed by atoms with Crippen molar-refractivity contribution in [3.05, 3.63) is 69.5 Å². The number of hydrogen-bond donors (Lipinski definition) is 1. The molecule has 0 spiro atoms. The molecule has 0 amide bonds. The van der Waals surface area contributed by atoms with Gasteiger partial charge in [0.15, 0.2) is 16.9 Å². The number of fused-ring (bicyclic) bond motifs is 2. The zero-order valence-electron chi connectivity index (χ0n) is 14.2. The van der Waals surface area contributed by atoms with Crippen molar-refractivity contribution in [2.45, 2.75) is 19.9 Å². The second kappa shape index (κ2) is 6.22. The molecule has 0 atom stereocenters. The number of aliphatic carboxylic acids is 1. The SMILES string of the molecule is Cc1ccc2c(c1)c(=O)c(Cc1ccc3c(c1)OCO3)cn2CC(=O)O. The molecule has 2 aromatic carbocycles. The lowest BCUT2D eigenvalue weighted by molar-refractivity contribution is -0.137. The molecule has 0 unspecified atom stereocenters. The molecule has 4 rings (SSSR count). The number of carboxylic acids is 1. The smallest absolute Gasteiger partial charge is 0.323 e. The van der Waals surface area contributed by atoms with Crippen LogP contribution in [0.1, 0.15) is 16.7 Å². The van der Waals surface area contributed by atoms with Crippen LogP contribution >= 0.6 is 0 Å². The average molecular weight is 351 g/mol. The fourth-order valence-electron chi connectivity index (χ4n) is 3.24. The second-order valence-electron chi connectivity index (χ2n) is 6.39. The fraction of sp³-hybridized carbons (Fsp3) is 0.200. The second-order valence-corrected chi connectivity index (χ2v) is 6.39. The normalized spacial score (nSPS) is 12.5. The number of carboxylic acid groups (broad SMARTS) is 1. The highest BCUT2D eigenvalue weighted by Crippen LogP contribution is 2.33. The molecule has 0 bridgehead atoms. The summed E-state index contributed by atoms with van der Waals surface area (Å²) < 4.78 is 12.3. The molecule has 0 saturated heterocycles. The lowest BCUT2D eigenvalue weighted by Crippen LogP contribution is -2.18. The van der Waals surface area contributed by atoms with E-state index in [0.29, 0.717) is 34.4 Å². The number of hydrogen-bond acceptors (Lipinski definition) is 4. The average Bonchev–Trinajstić information content (AvgIpc) is 3.06. The first-order chi connectivity index (χ1) is 12.5. The Balaban J connectivity index is 1.82. The van der Waals surface area contributed by atoms with Crippen molar-refractivity contribution in [3.8, 4) is 11.5 Å². The van der Waals surface area contributed by atoms with Gasteiger partial charge in [-0.15, -0.1) is 0 Å². The molecule has 3 aromatic rings. The third-order valence-electron chi connectivity index (χ3n) is 4.45. The van der Waals surface area contributed by atoms with Crippen molar-refractivity contribution in [1.82, 2.24) is 4.57 Å². The van der Waals surface area contributed by atoms with Crippen LogP contribution in [0.5, 0.6) is 11.5 Å². The van der Waals surface area contributed by atoms with Gasteiger partial charge in [-0.25, -0.2) is 0 Å². The van der Waals surface area contributed by atoms with E-state index >= 15 is 0 Å². The van der Waals surface area contributed by atoms with E-state index in [1.165, 1.54) is 0 Å². The molecule has 0 radical (unpaired) electrons. The molecule has 26 heavy (non-hydrogen) atoms. The minimum absolute atomic E-state index is 0.0806. The van der Waals surface area contributed by atoms with Gasteiger partial charge in [-0.3, -0.25) is 9.59 Å². The Hall–Kier alpha value is -3.28. The molecule has 0 saturated carbocycles. The van der Waals surface area contributed by atoms with Gasteiger partial charge in [0.05, 0.1) is 5.52 Å². The van der Waals surface area contributed by atoms with Crippen molar-refractivity contribution in [2.24, 2.45) is 0 Å². The van der Waals surface area contributed by atoms with E-state index in [1.54, 1.807) is 22.9 Å².